The molecular formula is C20H19ClN6O2S2. The van der Waals surface area contributed by atoms with Crippen molar-refractivity contribution < 1.29 is 4.74 Å². The molecule has 31 heavy (non-hydrogen) atoms. The Kier molecular flexibility index (Phi) is 5.68. The number of hydrogen-bond donors (Lipinski definition) is 0. The Morgan fingerprint density at radius 3 is 2.90 bits per heavy atom. The summed E-state index contributed by atoms with van der Waals surface area (Å²) in [5, 5.41) is 15.3. The Bertz CT molecular complexity index is 1300. The highest BCUT2D eigenvalue weighted by Crippen LogP contribution is 2.39. The van der Waals surface area contributed by atoms with Crippen LogP contribution < -0.4 is 10.3 Å². The first-order valence-electron chi connectivity index (χ1n) is 9.95. The summed E-state index contributed by atoms with van der Waals surface area (Å²) in [7, 11) is 0. The van der Waals surface area contributed by atoms with Crippen molar-refractivity contribution in [1.82, 2.24) is 29.4 Å². The van der Waals surface area contributed by atoms with E-state index in [1.165, 1.54) is 27.6 Å². The van der Waals surface area contributed by atoms with E-state index in [0.29, 0.717) is 39.8 Å². The molecule has 1 saturated carbocycles. The van der Waals surface area contributed by atoms with Crippen LogP contribution in [-0.4, -0.2) is 29.4 Å². The van der Waals surface area contributed by atoms with Gasteiger partial charge in [0.1, 0.15) is 17.4 Å². The van der Waals surface area contributed by atoms with Gasteiger partial charge < -0.3 is 4.74 Å². The molecule has 160 valence electrons. The van der Waals surface area contributed by atoms with Gasteiger partial charge in [0.25, 0.3) is 5.56 Å². The highest BCUT2D eigenvalue weighted by molar-refractivity contribution is 7.98. The van der Waals surface area contributed by atoms with Crippen LogP contribution in [0.1, 0.15) is 42.3 Å². The summed E-state index contributed by atoms with van der Waals surface area (Å²) in [6.07, 6.45) is 2.97. The second-order valence-electron chi connectivity index (χ2n) is 7.14. The zero-order valence-corrected chi connectivity index (χ0v) is 19.1. The molecule has 1 aromatic carbocycles. The van der Waals surface area contributed by atoms with Crippen LogP contribution in [0.3, 0.4) is 0 Å². The number of thioether (sulfide) groups is 1. The van der Waals surface area contributed by atoms with E-state index in [4.69, 9.17) is 16.3 Å². The minimum atomic E-state index is -0.158. The first-order valence-corrected chi connectivity index (χ1v) is 12.1. The van der Waals surface area contributed by atoms with Gasteiger partial charge >= 0.3 is 0 Å². The Hall–Kier alpha value is -2.43. The highest BCUT2D eigenvalue weighted by Gasteiger charge is 2.30. The van der Waals surface area contributed by atoms with Gasteiger partial charge in [-0.2, -0.15) is 9.61 Å². The standard InChI is InChI=1S/C20H19ClN6O2S2/c1-2-17-25-27-18(28)9-12(22-19(27)31-17)11-30-20-24-23-16(26(20)13-7-8-13)10-29-15-6-4-3-5-14(15)21/h3-6,9,13H,2,7-8,10-11H2,1H3. The second-order valence-corrected chi connectivity index (χ2v) is 9.53. The van der Waals surface area contributed by atoms with Crippen molar-refractivity contribution in [3.05, 3.63) is 62.2 Å². The van der Waals surface area contributed by atoms with Crippen molar-refractivity contribution in [3.63, 3.8) is 0 Å². The van der Waals surface area contributed by atoms with Crippen LogP contribution in [-0.2, 0) is 18.8 Å². The molecule has 11 heteroatoms. The maximum atomic E-state index is 12.4. The predicted molar refractivity (Wildman–Crippen MR) is 120 cm³/mol. The average molecular weight is 475 g/mol. The third-order valence-corrected chi connectivity index (χ3v) is 7.17. The molecule has 0 atom stereocenters. The molecule has 3 aromatic heterocycles. The summed E-state index contributed by atoms with van der Waals surface area (Å²) in [5.74, 6) is 1.92. The zero-order chi connectivity index (χ0) is 21.4. The van der Waals surface area contributed by atoms with Gasteiger partial charge in [0, 0.05) is 17.9 Å². The van der Waals surface area contributed by atoms with Crippen LogP contribution in [0.25, 0.3) is 4.96 Å². The van der Waals surface area contributed by atoms with E-state index in [0.717, 1.165) is 35.3 Å². The van der Waals surface area contributed by atoms with Crippen molar-refractivity contribution in [1.29, 1.82) is 0 Å². The minimum absolute atomic E-state index is 0.158. The molecule has 1 fully saturated rings. The van der Waals surface area contributed by atoms with Crippen LogP contribution in [0.2, 0.25) is 5.02 Å². The van der Waals surface area contributed by atoms with Crippen molar-refractivity contribution in [2.24, 2.45) is 0 Å². The van der Waals surface area contributed by atoms with Crippen LogP contribution >= 0.6 is 34.7 Å². The maximum Gasteiger partial charge on any atom is 0.275 e. The van der Waals surface area contributed by atoms with Gasteiger partial charge in [0.15, 0.2) is 11.0 Å². The van der Waals surface area contributed by atoms with Gasteiger partial charge in [0.05, 0.1) is 10.7 Å². The molecule has 5 rings (SSSR count). The third-order valence-electron chi connectivity index (χ3n) is 4.83. The fourth-order valence-corrected chi connectivity index (χ4v) is 5.12. The lowest BCUT2D eigenvalue weighted by molar-refractivity contribution is 0.288. The number of ether oxygens (including phenoxy) is 1. The molecule has 0 bridgehead atoms. The number of benzene rings is 1. The van der Waals surface area contributed by atoms with Gasteiger partial charge in [-0.3, -0.25) is 9.36 Å². The van der Waals surface area contributed by atoms with Crippen molar-refractivity contribution in [2.75, 3.05) is 0 Å². The van der Waals surface area contributed by atoms with Gasteiger partial charge in [-0.05, 0) is 31.4 Å². The fourth-order valence-electron chi connectivity index (χ4n) is 3.16. The number of hydrogen-bond acceptors (Lipinski definition) is 8. The molecule has 0 N–H and O–H groups in total. The largest absolute Gasteiger partial charge is 0.484 e. The van der Waals surface area contributed by atoms with E-state index in [1.54, 1.807) is 12.1 Å². The Morgan fingerprint density at radius 2 is 2.13 bits per heavy atom. The van der Waals surface area contributed by atoms with Crippen molar-refractivity contribution in [2.45, 2.75) is 49.7 Å². The number of halogens is 1. The second kappa shape index (κ2) is 8.60. The number of fused-ring (bicyclic) bond motifs is 1. The monoisotopic (exact) mass is 474 g/mol. The van der Waals surface area contributed by atoms with Crippen LogP contribution in [0, 0.1) is 0 Å². The quantitative estimate of drug-likeness (QED) is 0.354. The van der Waals surface area contributed by atoms with Gasteiger partial charge in [-0.1, -0.05) is 53.8 Å². The Balaban J connectivity index is 1.33. The molecule has 0 aliphatic heterocycles. The first kappa shape index (κ1) is 20.5. The normalized spacial score (nSPS) is 13.7. The predicted octanol–water partition coefficient (Wildman–Crippen LogP) is 4.16. The summed E-state index contributed by atoms with van der Waals surface area (Å²) in [6, 6.07) is 9.30. The van der Waals surface area contributed by atoms with E-state index < -0.39 is 0 Å². The molecule has 0 saturated heterocycles. The van der Waals surface area contributed by atoms with Gasteiger partial charge in [0.2, 0.25) is 4.96 Å². The lowest BCUT2D eigenvalue weighted by Crippen LogP contribution is -2.15. The molecule has 8 nitrogen and oxygen atoms in total. The number of aromatic nitrogens is 6. The molecule has 1 aliphatic carbocycles. The summed E-state index contributed by atoms with van der Waals surface area (Å²) in [5.41, 5.74) is 0.551. The van der Waals surface area contributed by atoms with E-state index in [9.17, 15) is 4.79 Å². The summed E-state index contributed by atoms with van der Waals surface area (Å²) in [6.45, 7) is 2.30. The number of aryl methyl sites for hydroxylation is 1. The van der Waals surface area contributed by atoms with Crippen LogP contribution in [0.4, 0.5) is 0 Å². The van der Waals surface area contributed by atoms with E-state index in [2.05, 4.69) is 24.8 Å². The number of para-hydroxylation sites is 1. The zero-order valence-electron chi connectivity index (χ0n) is 16.7. The average Bonchev–Trinajstić information content (AvgIpc) is 3.38. The summed E-state index contributed by atoms with van der Waals surface area (Å²) >= 11 is 9.15. The molecule has 1 aliphatic rings. The number of nitrogens with zero attached hydrogens (tertiary/aromatic N) is 6. The first-order chi connectivity index (χ1) is 15.1. The van der Waals surface area contributed by atoms with Crippen LogP contribution in [0.15, 0.2) is 40.3 Å². The van der Waals surface area contributed by atoms with Gasteiger partial charge in [-0.15, -0.1) is 10.2 Å². The van der Waals surface area contributed by atoms with E-state index in [-0.39, 0.29) is 5.56 Å². The van der Waals surface area contributed by atoms with E-state index >= 15 is 0 Å². The molecule has 0 radical (unpaired) electrons. The summed E-state index contributed by atoms with van der Waals surface area (Å²) < 4.78 is 9.37. The third kappa shape index (κ3) is 4.32. The lowest BCUT2D eigenvalue weighted by atomic mass is 10.3. The van der Waals surface area contributed by atoms with Gasteiger partial charge in [-0.25, -0.2) is 4.98 Å². The molecule has 0 unspecified atom stereocenters. The highest BCUT2D eigenvalue weighted by atomic mass is 35.5. The molecule has 3 heterocycles. The Labute approximate surface area is 191 Å². The number of rotatable bonds is 8. The SMILES string of the molecule is CCc1nn2c(=O)cc(CSc3nnc(COc4ccccc4Cl)n3C3CC3)nc2s1. The van der Waals surface area contributed by atoms with Crippen molar-refractivity contribution in [3.8, 4) is 5.75 Å². The lowest BCUT2D eigenvalue weighted by Gasteiger charge is -2.10. The fraction of sp³-hybridized carbons (Fsp3) is 0.350. The van der Waals surface area contributed by atoms with Crippen molar-refractivity contribution >= 4 is 39.7 Å². The smallest absolute Gasteiger partial charge is 0.275 e. The van der Waals surface area contributed by atoms with Crippen LogP contribution in [0.5, 0.6) is 5.75 Å². The van der Waals surface area contributed by atoms with E-state index in [1.807, 2.05) is 25.1 Å². The summed E-state index contributed by atoms with van der Waals surface area (Å²) in [4.78, 5) is 17.6. The molecular weight excluding hydrogens is 456 g/mol. The minimum Gasteiger partial charge on any atom is -0.484 e. The molecule has 0 amide bonds. The molecule has 4 aromatic rings. The molecule has 0 spiro atoms. The maximum absolute atomic E-state index is 12.4. The topological polar surface area (TPSA) is 87.2 Å². The Morgan fingerprint density at radius 1 is 1.29 bits per heavy atom.